The Bertz CT molecular complexity index is 3070. The van der Waals surface area contributed by atoms with Gasteiger partial charge in [0.05, 0.1) is 0 Å². The van der Waals surface area contributed by atoms with Gasteiger partial charge in [-0.2, -0.15) is 0 Å². The van der Waals surface area contributed by atoms with Crippen molar-refractivity contribution in [1.82, 2.24) is 0 Å². The van der Waals surface area contributed by atoms with E-state index in [4.69, 9.17) is 0 Å². The summed E-state index contributed by atoms with van der Waals surface area (Å²) in [5.74, 6) is 0. The molecule has 2 aliphatic carbocycles. The van der Waals surface area contributed by atoms with Crippen molar-refractivity contribution >= 4 is 52.3 Å². The third-order valence-electron chi connectivity index (χ3n) is 14.8. The molecule has 64 heavy (non-hydrogen) atoms. The van der Waals surface area contributed by atoms with Gasteiger partial charge in [-0.05, 0) is 0 Å². The van der Waals surface area contributed by atoms with Crippen molar-refractivity contribution in [3.8, 4) is 55.6 Å². The molecule has 4 heteroatoms. The minimum atomic E-state index is -5.66. The van der Waals surface area contributed by atoms with Gasteiger partial charge in [0.1, 0.15) is 0 Å². The Kier molecular flexibility index (Phi) is 10.5. The van der Waals surface area contributed by atoms with Crippen LogP contribution in [-0.2, 0) is 29.2 Å². The molecule has 0 bridgehead atoms. The Morgan fingerprint density at radius 2 is 0.859 bits per heavy atom. The Labute approximate surface area is 389 Å². The second-order valence-corrected chi connectivity index (χ2v) is 40.6. The summed E-state index contributed by atoms with van der Waals surface area (Å²) < 4.78 is 0.961. The van der Waals surface area contributed by atoms with Crippen LogP contribution in [0.15, 0.2) is 187 Å². The molecule has 0 fully saturated rings. The molecule has 0 radical (unpaired) electrons. The van der Waals surface area contributed by atoms with Crippen LogP contribution in [0.3, 0.4) is 0 Å². The van der Waals surface area contributed by atoms with Gasteiger partial charge in [0.2, 0.25) is 0 Å². The number of benzene rings is 8. The van der Waals surface area contributed by atoms with Crippen LogP contribution in [0.25, 0.3) is 67.8 Å². The minimum absolute atomic E-state index is 0.150. The molecule has 0 amide bonds. The number of aryl methyl sites for hydroxylation is 2. The molecule has 0 saturated heterocycles. The molecule has 0 nitrogen and oxygen atoms in total. The fourth-order valence-electron chi connectivity index (χ4n) is 12.1. The quantitative estimate of drug-likeness (QED) is 0.126. The predicted molar refractivity (Wildman–Crippen MR) is 277 cm³/mol. The van der Waals surface area contributed by atoms with Crippen LogP contribution in [-0.4, -0.2) is 9.52 Å². The maximum atomic E-state index is 9.32. The molecule has 313 valence electrons. The molecular weight excluding hydrogens is 911 g/mol. The van der Waals surface area contributed by atoms with Crippen molar-refractivity contribution in [2.75, 3.05) is 0 Å². The van der Waals surface area contributed by atoms with E-state index in [9.17, 15) is 17.0 Å². The number of allylic oxidation sites excluding steroid dienone is 2. The van der Waals surface area contributed by atoms with Crippen LogP contribution < -0.4 is 13.6 Å². The Morgan fingerprint density at radius 3 is 1.34 bits per heavy atom. The SMILES string of the molecule is CCc1ccc2c(c1-c1ccccc1-c1ccccc1)C=C(C)[CH]2[Zr]([Cl])([Cl])([c]1cccc2c1[SiH2]c1ccccc1-2)[CH]1C(C)=Cc2c1ccc(CC)c2-c1ccccc1-c1ccccc1. The molecule has 1 heterocycles. The molecular formula is C60H51Cl2SiZr. The standard InChI is InChI=1S/2C24H21.C12H9Si.2ClH.Zr/c2*1-3-18-13-14-20-15-17(2)16-23(20)24(18)22-12-8-7-11-21(22)19-9-5-4-6-10-19;1-3-7-11-9(5-1)10-6-2-4-8-12(10)13-11;;;/h2*4-16H,3H2,1-2H3;1-7H,13H2;2*1H;/q;;;;;+2/p-2. The predicted octanol–water partition coefficient (Wildman–Crippen LogP) is 14.5. The summed E-state index contributed by atoms with van der Waals surface area (Å²) in [5, 5.41) is 2.93. The average molecular weight is 962 g/mol. The van der Waals surface area contributed by atoms with E-state index >= 15 is 0 Å². The van der Waals surface area contributed by atoms with Crippen molar-refractivity contribution in [3.05, 3.63) is 220 Å². The van der Waals surface area contributed by atoms with Crippen LogP contribution in [0.2, 0.25) is 0 Å². The number of fused-ring (bicyclic) bond motifs is 5. The molecule has 1 aliphatic heterocycles. The molecule has 3 aliphatic rings. The van der Waals surface area contributed by atoms with Crippen LogP contribution in [0.4, 0.5) is 0 Å². The first-order chi connectivity index (χ1) is 31.2. The van der Waals surface area contributed by atoms with Gasteiger partial charge in [-0.3, -0.25) is 0 Å². The third kappa shape index (κ3) is 6.31. The zero-order valence-electron chi connectivity index (χ0n) is 36.9. The molecule has 0 N–H and O–H groups in total. The van der Waals surface area contributed by atoms with Crippen LogP contribution in [0, 0.1) is 0 Å². The molecule has 8 aromatic carbocycles. The number of hydrogen-bond acceptors (Lipinski definition) is 0. The zero-order chi connectivity index (χ0) is 43.8. The molecule has 0 aromatic heterocycles. The maximum absolute atomic E-state index is 9.32. The summed E-state index contributed by atoms with van der Waals surface area (Å²) in [6, 6.07) is 65.1. The molecule has 0 saturated carbocycles. The summed E-state index contributed by atoms with van der Waals surface area (Å²) in [7, 11) is 17.7. The van der Waals surface area contributed by atoms with Crippen LogP contribution >= 0.6 is 17.0 Å². The normalized spacial score (nSPS) is 16.9. The Morgan fingerprint density at radius 1 is 0.438 bits per heavy atom. The van der Waals surface area contributed by atoms with Gasteiger partial charge in [0.25, 0.3) is 0 Å². The number of rotatable bonds is 9. The van der Waals surface area contributed by atoms with Gasteiger partial charge in [-0.1, -0.05) is 0 Å². The van der Waals surface area contributed by atoms with Gasteiger partial charge in [-0.15, -0.1) is 0 Å². The Hall–Kier alpha value is -5.08. The summed E-state index contributed by atoms with van der Waals surface area (Å²) >= 11 is -5.66. The molecule has 2 atom stereocenters. The number of hydrogen-bond donors (Lipinski definition) is 0. The van der Waals surface area contributed by atoms with E-state index in [-0.39, 0.29) is 7.25 Å². The Balaban J connectivity index is 1.19. The van der Waals surface area contributed by atoms with E-state index in [1.165, 1.54) is 114 Å². The zero-order valence-corrected chi connectivity index (χ0v) is 42.3. The molecule has 8 aromatic rings. The fourth-order valence-corrected chi connectivity index (χ4v) is 40.9. The van der Waals surface area contributed by atoms with Crippen LogP contribution in [0.5, 0.6) is 0 Å². The van der Waals surface area contributed by atoms with Gasteiger partial charge >= 0.3 is 393 Å². The van der Waals surface area contributed by atoms with Crippen molar-refractivity contribution in [3.63, 3.8) is 0 Å². The molecule has 0 spiro atoms. The van der Waals surface area contributed by atoms with E-state index in [0.29, 0.717) is 0 Å². The third-order valence-corrected chi connectivity index (χ3v) is 38.0. The van der Waals surface area contributed by atoms with Crippen LogP contribution in [0.1, 0.15) is 68.3 Å². The fraction of sp³-hybridized carbons (Fsp3) is 0.133. The van der Waals surface area contributed by atoms with Crippen molar-refractivity contribution in [2.45, 2.75) is 47.8 Å². The van der Waals surface area contributed by atoms with Gasteiger partial charge in [0.15, 0.2) is 0 Å². The summed E-state index contributed by atoms with van der Waals surface area (Å²) in [6.45, 7) is 9.22. The molecule has 2 unspecified atom stereocenters. The van der Waals surface area contributed by atoms with Gasteiger partial charge < -0.3 is 0 Å². The second kappa shape index (κ2) is 16.1. The van der Waals surface area contributed by atoms with E-state index in [1.54, 1.807) is 0 Å². The first-order valence-corrected chi connectivity index (χ1v) is 34.8. The first kappa shape index (κ1) is 41.6. The van der Waals surface area contributed by atoms with Gasteiger partial charge in [0, 0.05) is 0 Å². The van der Waals surface area contributed by atoms with E-state index in [0.717, 1.165) is 12.8 Å². The summed E-state index contributed by atoms with van der Waals surface area (Å²) in [6.07, 6.45) is 6.78. The van der Waals surface area contributed by atoms with Gasteiger partial charge in [-0.25, -0.2) is 0 Å². The number of halogens is 2. The van der Waals surface area contributed by atoms with Crippen molar-refractivity contribution in [1.29, 1.82) is 0 Å². The van der Waals surface area contributed by atoms with E-state index in [2.05, 4.69) is 216 Å². The summed E-state index contributed by atoms with van der Waals surface area (Å²) in [5.41, 5.74) is 23.1. The topological polar surface area (TPSA) is 0 Å². The van der Waals surface area contributed by atoms with Crippen molar-refractivity contribution in [2.24, 2.45) is 0 Å². The summed E-state index contributed by atoms with van der Waals surface area (Å²) in [4.78, 5) is 0. The first-order valence-electron chi connectivity index (χ1n) is 23.0. The van der Waals surface area contributed by atoms with Crippen molar-refractivity contribution < 1.29 is 16.4 Å². The average Bonchev–Trinajstić information content (AvgIpc) is 4.01. The van der Waals surface area contributed by atoms with E-state index in [1.807, 2.05) is 0 Å². The van der Waals surface area contributed by atoms with E-state index < -0.39 is 25.9 Å². The molecule has 11 rings (SSSR count). The second-order valence-electron chi connectivity index (χ2n) is 18.2. The monoisotopic (exact) mass is 959 g/mol.